The van der Waals surface area contributed by atoms with Gasteiger partial charge in [-0.25, -0.2) is 8.78 Å². The molecule has 2 aromatic carbocycles. The van der Waals surface area contributed by atoms with E-state index < -0.39 is 47.1 Å². The molecule has 1 spiro atoms. The first-order valence-corrected chi connectivity index (χ1v) is 13.7. The maximum Gasteiger partial charge on any atom is 0.237 e. The lowest BCUT2D eigenvalue weighted by molar-refractivity contribution is -0.135. The van der Waals surface area contributed by atoms with E-state index in [2.05, 4.69) is 10.6 Å². The zero-order chi connectivity index (χ0) is 27.3. The van der Waals surface area contributed by atoms with E-state index in [1.165, 1.54) is 6.08 Å². The Bertz CT molecular complexity index is 1390. The Morgan fingerprint density at radius 2 is 1.79 bits per heavy atom. The highest BCUT2D eigenvalue weighted by atomic mass is 35.5. The normalized spacial score (nSPS) is 30.5. The fraction of sp³-hybridized carbons (Fsp3) is 0.379. The molecular weight excluding hydrogens is 549 g/mol. The Labute approximate surface area is 234 Å². The van der Waals surface area contributed by atoms with Crippen LogP contribution in [0.3, 0.4) is 0 Å². The van der Waals surface area contributed by atoms with E-state index >= 15 is 4.39 Å². The molecule has 2 fully saturated rings. The Balaban J connectivity index is 1.56. The Hall–Kier alpha value is -2.94. The minimum Gasteiger partial charge on any atom is -0.490 e. The van der Waals surface area contributed by atoms with Gasteiger partial charge >= 0.3 is 0 Å². The van der Waals surface area contributed by atoms with Crippen LogP contribution in [0.5, 0.6) is 5.75 Å². The summed E-state index contributed by atoms with van der Waals surface area (Å²) in [5, 5.41) is 6.68. The zero-order valence-corrected chi connectivity index (χ0v) is 22.3. The molecular formula is C29H26Cl2F2N2O4. The second-order valence-corrected chi connectivity index (χ2v) is 11.2. The van der Waals surface area contributed by atoms with Crippen LogP contribution < -0.4 is 15.4 Å². The highest BCUT2D eigenvalue weighted by molar-refractivity contribution is 6.31. The number of hydrogen-bond acceptors (Lipinski definition) is 4. The van der Waals surface area contributed by atoms with E-state index in [1.54, 1.807) is 36.4 Å². The lowest BCUT2D eigenvalue weighted by Gasteiger charge is -2.49. The van der Waals surface area contributed by atoms with Gasteiger partial charge in [0, 0.05) is 46.5 Å². The summed E-state index contributed by atoms with van der Waals surface area (Å²) in [7, 11) is 0. The third kappa shape index (κ3) is 4.52. The second kappa shape index (κ2) is 10.2. The first kappa shape index (κ1) is 26.3. The summed E-state index contributed by atoms with van der Waals surface area (Å²) < 4.78 is 41.8. The molecule has 10 heteroatoms. The number of amides is 2. The maximum absolute atomic E-state index is 15.5. The summed E-state index contributed by atoms with van der Waals surface area (Å²) >= 11 is 12.7. The molecule has 0 saturated carbocycles. The van der Waals surface area contributed by atoms with Crippen LogP contribution in [-0.4, -0.2) is 37.3 Å². The quantitative estimate of drug-likeness (QED) is 0.470. The maximum atomic E-state index is 15.5. The highest BCUT2D eigenvalue weighted by Gasteiger charge is 2.63. The van der Waals surface area contributed by atoms with Gasteiger partial charge in [0.25, 0.3) is 0 Å². The number of carbonyl (C=O) groups is 2. The average molecular weight is 575 g/mol. The molecule has 0 radical (unpaired) electrons. The predicted octanol–water partition coefficient (Wildman–Crippen LogP) is 6.00. The molecule has 6 nitrogen and oxygen atoms in total. The third-order valence-corrected chi connectivity index (χ3v) is 8.64. The Morgan fingerprint density at radius 1 is 1.05 bits per heavy atom. The van der Waals surface area contributed by atoms with Crippen LogP contribution in [0, 0.1) is 11.8 Å². The van der Waals surface area contributed by atoms with Crippen LogP contribution in [0.15, 0.2) is 60.5 Å². The summed E-state index contributed by atoms with van der Waals surface area (Å²) in [6.07, 6.45) is 2.80. The lowest BCUT2D eigenvalue weighted by atomic mass is 9.56. The number of alkyl halides is 1. The number of ether oxygens (including phenoxy) is 2. The van der Waals surface area contributed by atoms with Crippen LogP contribution in [0.1, 0.15) is 36.4 Å². The number of halogens is 4. The number of fused-ring (bicyclic) bond motifs is 2. The number of nitrogens with one attached hydrogen (secondary N) is 2. The van der Waals surface area contributed by atoms with Crippen molar-refractivity contribution in [3.05, 3.63) is 81.6 Å². The van der Waals surface area contributed by atoms with Crippen molar-refractivity contribution in [2.45, 2.75) is 43.0 Å². The van der Waals surface area contributed by atoms with Crippen molar-refractivity contribution in [2.24, 2.45) is 11.8 Å². The minimum atomic E-state index is -1.60. The van der Waals surface area contributed by atoms with Crippen LogP contribution in [0.25, 0.3) is 0 Å². The molecule has 0 aromatic heterocycles. The first-order chi connectivity index (χ1) is 18.8. The summed E-state index contributed by atoms with van der Waals surface area (Å²) in [6, 6.07) is 9.05. The highest BCUT2D eigenvalue weighted by Crippen LogP contribution is 2.58. The predicted molar refractivity (Wildman–Crippen MR) is 143 cm³/mol. The minimum absolute atomic E-state index is 0.135. The molecule has 2 aromatic rings. The molecule has 2 unspecified atom stereocenters. The van der Waals surface area contributed by atoms with Crippen LogP contribution >= 0.6 is 23.2 Å². The van der Waals surface area contributed by atoms with Gasteiger partial charge in [0.05, 0.1) is 19.3 Å². The van der Waals surface area contributed by atoms with Gasteiger partial charge in [-0.1, -0.05) is 29.3 Å². The van der Waals surface area contributed by atoms with Gasteiger partial charge in [-0.15, -0.1) is 0 Å². The van der Waals surface area contributed by atoms with Gasteiger partial charge in [-0.3, -0.25) is 9.59 Å². The summed E-state index contributed by atoms with van der Waals surface area (Å²) in [5.74, 6) is -3.00. The van der Waals surface area contributed by atoms with Crippen molar-refractivity contribution in [1.82, 2.24) is 5.32 Å². The van der Waals surface area contributed by atoms with E-state index in [0.717, 1.165) is 12.2 Å². The van der Waals surface area contributed by atoms with E-state index in [9.17, 15) is 14.0 Å². The standard InChI is InChI=1S/C29H26Cl2F2N2O4/c30-15-2-6-25(39-18-7-9-38-10-8-18)20(11-15)27-29(21-4-1-16(31)12-24(21)34-28(29)37)22(14-26(36)35-27)19-13-17(32)3-5-23(19)33/h1-6,11-13,18-19,22-23,27H,7-10,14H2,(H,34,37)(H,35,36)/t19?,22-,23?,27+,29-/m0/s1. The third-order valence-electron chi connectivity index (χ3n) is 8.17. The molecule has 4 aliphatic rings. The van der Waals surface area contributed by atoms with Crippen LogP contribution in [0.4, 0.5) is 14.5 Å². The van der Waals surface area contributed by atoms with Gasteiger partial charge in [-0.2, -0.15) is 0 Å². The fourth-order valence-electron chi connectivity index (χ4n) is 6.46. The number of allylic oxidation sites excluding steroid dienone is 4. The summed E-state index contributed by atoms with van der Waals surface area (Å²) in [4.78, 5) is 27.5. The molecule has 2 saturated heterocycles. The lowest BCUT2D eigenvalue weighted by Crippen LogP contribution is -2.60. The fourth-order valence-corrected chi connectivity index (χ4v) is 6.81. The Kier molecular flexibility index (Phi) is 6.90. The SMILES string of the molecule is O=C1C[C@@H](C2C=C(F)C=CC2F)[C@]2(C(=O)Nc3cc(Cl)ccc32)[C@@H](c2cc(Cl)ccc2OC2CCOCC2)N1. The van der Waals surface area contributed by atoms with Crippen molar-refractivity contribution in [2.75, 3.05) is 18.5 Å². The van der Waals surface area contributed by atoms with Gasteiger partial charge in [0.1, 0.15) is 29.3 Å². The monoisotopic (exact) mass is 574 g/mol. The van der Waals surface area contributed by atoms with Crippen LogP contribution in [0.2, 0.25) is 10.0 Å². The molecule has 3 heterocycles. The van der Waals surface area contributed by atoms with Gasteiger partial charge in [0.15, 0.2) is 0 Å². The van der Waals surface area contributed by atoms with E-state index in [0.29, 0.717) is 58.7 Å². The molecule has 39 heavy (non-hydrogen) atoms. The summed E-state index contributed by atoms with van der Waals surface area (Å²) in [6.45, 7) is 1.11. The zero-order valence-electron chi connectivity index (χ0n) is 20.8. The first-order valence-electron chi connectivity index (χ1n) is 12.9. The number of anilines is 1. The van der Waals surface area contributed by atoms with Crippen molar-refractivity contribution in [3.63, 3.8) is 0 Å². The van der Waals surface area contributed by atoms with Gasteiger partial charge in [0.2, 0.25) is 11.8 Å². The van der Waals surface area contributed by atoms with Gasteiger partial charge < -0.3 is 20.1 Å². The van der Waals surface area contributed by atoms with Crippen molar-refractivity contribution < 1.29 is 27.8 Å². The number of piperidine rings is 1. The number of carbonyl (C=O) groups excluding carboxylic acids is 2. The topological polar surface area (TPSA) is 76.7 Å². The van der Waals surface area contributed by atoms with Crippen molar-refractivity contribution in [3.8, 4) is 5.75 Å². The summed E-state index contributed by atoms with van der Waals surface area (Å²) in [5.41, 5.74) is -0.0297. The number of rotatable bonds is 4. The largest absolute Gasteiger partial charge is 0.490 e. The Morgan fingerprint density at radius 3 is 2.59 bits per heavy atom. The van der Waals surface area contributed by atoms with Crippen LogP contribution in [-0.2, 0) is 19.7 Å². The number of benzene rings is 2. The van der Waals surface area contributed by atoms with Gasteiger partial charge in [-0.05, 0) is 60.0 Å². The van der Waals surface area contributed by atoms with E-state index in [-0.39, 0.29) is 12.5 Å². The molecule has 1 aliphatic carbocycles. The second-order valence-electron chi connectivity index (χ2n) is 10.4. The van der Waals surface area contributed by atoms with Crippen molar-refractivity contribution in [1.29, 1.82) is 0 Å². The van der Waals surface area contributed by atoms with E-state index in [1.807, 2.05) is 0 Å². The molecule has 6 rings (SSSR count). The average Bonchev–Trinajstić information content (AvgIpc) is 3.19. The number of hydrogen-bond donors (Lipinski definition) is 2. The molecule has 2 N–H and O–H groups in total. The molecule has 2 amide bonds. The van der Waals surface area contributed by atoms with E-state index in [4.69, 9.17) is 32.7 Å². The molecule has 5 atom stereocenters. The molecule has 204 valence electrons. The smallest absolute Gasteiger partial charge is 0.237 e. The van der Waals surface area contributed by atoms with Crippen molar-refractivity contribution >= 4 is 40.7 Å². The molecule has 0 bridgehead atoms. The molecule has 3 aliphatic heterocycles.